The maximum absolute atomic E-state index is 9.66. The molecule has 5 heteroatoms. The van der Waals surface area contributed by atoms with Crippen LogP contribution in [0, 0.1) is 0 Å². The number of hydrogen-bond donors (Lipinski definition) is 5. The van der Waals surface area contributed by atoms with E-state index >= 15 is 0 Å². The highest BCUT2D eigenvalue weighted by molar-refractivity contribution is 5.48. The summed E-state index contributed by atoms with van der Waals surface area (Å²) < 4.78 is 0. The fraction of sp³-hybridized carbons (Fsp3) is 0.200. The molecule has 0 amide bonds. The maximum atomic E-state index is 9.66. The molecule has 0 radical (unpaired) electrons. The van der Waals surface area contributed by atoms with Gasteiger partial charge in [-0.05, 0) is 37.0 Å². The van der Waals surface area contributed by atoms with Crippen LogP contribution in [0.4, 0.5) is 0 Å². The maximum Gasteiger partial charge on any atom is 0.157 e. The number of phenols is 5. The summed E-state index contributed by atoms with van der Waals surface area (Å²) in [6.45, 7) is 0. The molecular formula is C15H16O5. The Kier molecular flexibility index (Phi) is 3.89. The normalized spacial score (nSPS) is 10.6. The molecule has 0 bridgehead atoms. The SMILES string of the molecule is Oc1cc(O)c(CCCc2ccc(O)c(O)c2)c(O)c1. The van der Waals surface area contributed by atoms with Gasteiger partial charge in [-0.2, -0.15) is 0 Å². The minimum absolute atomic E-state index is 0.143. The molecule has 0 saturated carbocycles. The van der Waals surface area contributed by atoms with E-state index in [1.807, 2.05) is 0 Å². The number of aromatic hydroxyl groups is 5. The molecule has 106 valence electrons. The number of rotatable bonds is 4. The van der Waals surface area contributed by atoms with Crippen molar-refractivity contribution in [2.24, 2.45) is 0 Å². The lowest BCUT2D eigenvalue weighted by Crippen LogP contribution is -1.92. The largest absolute Gasteiger partial charge is 0.508 e. The van der Waals surface area contributed by atoms with Crippen molar-refractivity contribution in [1.29, 1.82) is 0 Å². The fourth-order valence-corrected chi connectivity index (χ4v) is 2.08. The molecular weight excluding hydrogens is 260 g/mol. The smallest absolute Gasteiger partial charge is 0.157 e. The molecule has 0 aliphatic carbocycles. The first-order chi connectivity index (χ1) is 9.47. The lowest BCUT2D eigenvalue weighted by Gasteiger charge is -2.08. The van der Waals surface area contributed by atoms with Crippen LogP contribution >= 0.6 is 0 Å². The number of benzene rings is 2. The predicted octanol–water partition coefficient (Wildman–Crippen LogP) is 2.39. The van der Waals surface area contributed by atoms with Crippen molar-refractivity contribution in [2.45, 2.75) is 19.3 Å². The average molecular weight is 276 g/mol. The molecule has 2 rings (SSSR count). The summed E-state index contributed by atoms with van der Waals surface area (Å²) in [4.78, 5) is 0. The molecule has 2 aromatic rings. The summed E-state index contributed by atoms with van der Waals surface area (Å²) in [5.74, 6) is -0.806. The van der Waals surface area contributed by atoms with Gasteiger partial charge in [0.15, 0.2) is 11.5 Å². The number of phenolic OH excluding ortho intramolecular Hbond substituents is 5. The van der Waals surface area contributed by atoms with Crippen molar-refractivity contribution in [2.75, 3.05) is 0 Å². The van der Waals surface area contributed by atoms with Gasteiger partial charge in [0.1, 0.15) is 17.2 Å². The second-order valence-electron chi connectivity index (χ2n) is 4.64. The Bertz CT molecular complexity index is 599. The molecule has 0 saturated heterocycles. The first kappa shape index (κ1) is 13.9. The Morgan fingerprint density at radius 3 is 1.90 bits per heavy atom. The van der Waals surface area contributed by atoms with Crippen LogP contribution < -0.4 is 0 Å². The Labute approximate surface area is 116 Å². The van der Waals surface area contributed by atoms with E-state index in [1.165, 1.54) is 24.3 Å². The Balaban J connectivity index is 2.01. The van der Waals surface area contributed by atoms with Crippen LogP contribution in [0.25, 0.3) is 0 Å². The standard InChI is InChI=1S/C15H16O5/c16-10-7-13(18)11(14(19)8-10)3-1-2-9-4-5-12(17)15(20)6-9/h4-8,16-20H,1-3H2. The summed E-state index contributed by atoms with van der Waals surface area (Å²) in [5.41, 5.74) is 1.23. The van der Waals surface area contributed by atoms with Crippen molar-refractivity contribution >= 4 is 0 Å². The Hall–Kier alpha value is -2.56. The van der Waals surface area contributed by atoms with Gasteiger partial charge in [-0.15, -0.1) is 0 Å². The third-order valence-corrected chi connectivity index (χ3v) is 3.12. The Morgan fingerprint density at radius 1 is 0.650 bits per heavy atom. The van der Waals surface area contributed by atoms with E-state index in [1.54, 1.807) is 6.07 Å². The van der Waals surface area contributed by atoms with E-state index in [9.17, 15) is 25.5 Å². The molecule has 0 heterocycles. The highest BCUT2D eigenvalue weighted by atomic mass is 16.3. The summed E-state index contributed by atoms with van der Waals surface area (Å²) in [7, 11) is 0. The Morgan fingerprint density at radius 2 is 1.30 bits per heavy atom. The van der Waals surface area contributed by atoms with E-state index in [0.717, 1.165) is 5.56 Å². The zero-order valence-electron chi connectivity index (χ0n) is 10.7. The molecule has 0 spiro atoms. The quantitative estimate of drug-likeness (QED) is 0.552. The van der Waals surface area contributed by atoms with Crippen LogP contribution in [-0.4, -0.2) is 25.5 Å². The van der Waals surface area contributed by atoms with Gasteiger partial charge in [-0.3, -0.25) is 0 Å². The molecule has 2 aromatic carbocycles. The second-order valence-corrected chi connectivity index (χ2v) is 4.64. The van der Waals surface area contributed by atoms with E-state index in [4.69, 9.17) is 0 Å². The minimum atomic E-state index is -0.188. The lowest BCUT2D eigenvalue weighted by molar-refractivity contribution is 0.403. The zero-order chi connectivity index (χ0) is 14.7. The minimum Gasteiger partial charge on any atom is -0.508 e. The molecule has 5 N–H and O–H groups in total. The first-order valence-electron chi connectivity index (χ1n) is 6.22. The lowest BCUT2D eigenvalue weighted by atomic mass is 10.0. The molecule has 0 fully saturated rings. The summed E-state index contributed by atoms with van der Waals surface area (Å²) in [6, 6.07) is 6.96. The van der Waals surface area contributed by atoms with Gasteiger partial charge in [-0.25, -0.2) is 0 Å². The second kappa shape index (κ2) is 5.61. The van der Waals surface area contributed by atoms with Crippen LogP contribution in [0.2, 0.25) is 0 Å². The van der Waals surface area contributed by atoms with Crippen LogP contribution in [-0.2, 0) is 12.8 Å². The summed E-state index contributed by atoms with van der Waals surface area (Å²) in [6.07, 6.45) is 1.68. The van der Waals surface area contributed by atoms with Gasteiger partial charge in [0.25, 0.3) is 0 Å². The average Bonchev–Trinajstić information content (AvgIpc) is 2.36. The van der Waals surface area contributed by atoms with Gasteiger partial charge in [0.2, 0.25) is 0 Å². The van der Waals surface area contributed by atoms with E-state index in [-0.39, 0.29) is 28.7 Å². The number of hydrogen-bond acceptors (Lipinski definition) is 5. The van der Waals surface area contributed by atoms with Crippen LogP contribution in [0.3, 0.4) is 0 Å². The molecule has 0 unspecified atom stereocenters. The van der Waals surface area contributed by atoms with Crippen molar-refractivity contribution in [3.8, 4) is 28.7 Å². The topological polar surface area (TPSA) is 101 Å². The van der Waals surface area contributed by atoms with E-state index < -0.39 is 0 Å². The molecule has 20 heavy (non-hydrogen) atoms. The van der Waals surface area contributed by atoms with Gasteiger partial charge < -0.3 is 25.5 Å². The predicted molar refractivity (Wildman–Crippen MR) is 73.2 cm³/mol. The third-order valence-electron chi connectivity index (χ3n) is 3.12. The van der Waals surface area contributed by atoms with Crippen LogP contribution in [0.15, 0.2) is 30.3 Å². The van der Waals surface area contributed by atoms with E-state index in [2.05, 4.69) is 0 Å². The van der Waals surface area contributed by atoms with Crippen LogP contribution in [0.1, 0.15) is 17.5 Å². The molecule has 0 aromatic heterocycles. The molecule has 5 nitrogen and oxygen atoms in total. The molecule has 0 aliphatic rings. The van der Waals surface area contributed by atoms with Crippen molar-refractivity contribution in [3.63, 3.8) is 0 Å². The van der Waals surface area contributed by atoms with Crippen molar-refractivity contribution in [3.05, 3.63) is 41.5 Å². The fourth-order valence-electron chi connectivity index (χ4n) is 2.08. The third kappa shape index (κ3) is 3.06. The van der Waals surface area contributed by atoms with Gasteiger partial charge >= 0.3 is 0 Å². The first-order valence-corrected chi connectivity index (χ1v) is 6.22. The van der Waals surface area contributed by atoms with Crippen molar-refractivity contribution in [1.82, 2.24) is 0 Å². The zero-order valence-corrected chi connectivity index (χ0v) is 10.7. The molecule has 0 atom stereocenters. The highest BCUT2D eigenvalue weighted by Gasteiger charge is 2.09. The summed E-state index contributed by atoms with van der Waals surface area (Å²) in [5, 5.41) is 47.1. The monoisotopic (exact) mass is 276 g/mol. The van der Waals surface area contributed by atoms with Crippen LogP contribution in [0.5, 0.6) is 28.7 Å². The highest BCUT2D eigenvalue weighted by Crippen LogP contribution is 2.33. The van der Waals surface area contributed by atoms with Gasteiger partial charge in [0.05, 0.1) is 0 Å². The molecule has 0 aliphatic heterocycles. The number of aryl methyl sites for hydroxylation is 1. The van der Waals surface area contributed by atoms with Gasteiger partial charge in [0, 0.05) is 17.7 Å². The summed E-state index contributed by atoms with van der Waals surface area (Å²) >= 11 is 0. The van der Waals surface area contributed by atoms with E-state index in [0.29, 0.717) is 24.8 Å². The van der Waals surface area contributed by atoms with Crippen molar-refractivity contribution < 1.29 is 25.5 Å². The van der Waals surface area contributed by atoms with Gasteiger partial charge in [-0.1, -0.05) is 6.07 Å².